The van der Waals surface area contributed by atoms with E-state index in [0.29, 0.717) is 12.0 Å². The molecule has 0 bridgehead atoms. The maximum atomic E-state index is 9.69. The molecular formula is C20H30N4O. The number of aromatic nitrogens is 2. The predicted molar refractivity (Wildman–Crippen MR) is 101 cm³/mol. The van der Waals surface area contributed by atoms with Crippen molar-refractivity contribution in [3.8, 4) is 0 Å². The second-order valence-corrected chi connectivity index (χ2v) is 7.84. The van der Waals surface area contributed by atoms with Gasteiger partial charge in [0, 0.05) is 44.7 Å². The molecule has 0 radical (unpaired) electrons. The molecule has 1 aliphatic heterocycles. The molecule has 25 heavy (non-hydrogen) atoms. The van der Waals surface area contributed by atoms with Crippen molar-refractivity contribution < 1.29 is 5.11 Å². The summed E-state index contributed by atoms with van der Waals surface area (Å²) < 4.78 is 0. The van der Waals surface area contributed by atoms with Gasteiger partial charge in [0.1, 0.15) is 5.82 Å². The van der Waals surface area contributed by atoms with E-state index in [0.717, 1.165) is 75.3 Å². The van der Waals surface area contributed by atoms with E-state index in [2.05, 4.69) is 39.9 Å². The van der Waals surface area contributed by atoms with Gasteiger partial charge in [0.15, 0.2) is 0 Å². The SMILES string of the molecule is CC(CN1CCN(C2CCC(O)CC2)CC1)c1nc2ccccc2[nH]1. The molecule has 1 aliphatic carbocycles. The molecule has 1 aromatic heterocycles. The third-order valence-corrected chi connectivity index (χ3v) is 6.00. The minimum atomic E-state index is -0.0535. The molecule has 2 heterocycles. The average molecular weight is 342 g/mol. The summed E-state index contributed by atoms with van der Waals surface area (Å²) >= 11 is 0. The first-order valence-corrected chi connectivity index (χ1v) is 9.78. The first-order chi connectivity index (χ1) is 12.2. The van der Waals surface area contributed by atoms with Crippen molar-refractivity contribution in [3.05, 3.63) is 30.1 Å². The zero-order chi connectivity index (χ0) is 17.2. The molecule has 1 atom stereocenters. The molecule has 0 spiro atoms. The number of aromatic amines is 1. The van der Waals surface area contributed by atoms with Crippen molar-refractivity contribution in [2.24, 2.45) is 0 Å². The standard InChI is InChI=1S/C20H30N4O/c1-15(20-21-18-4-2-3-5-19(18)22-20)14-23-10-12-24(13-11-23)16-6-8-17(25)9-7-16/h2-5,15-17,25H,6-14H2,1H3,(H,21,22). The van der Waals surface area contributed by atoms with Gasteiger partial charge >= 0.3 is 0 Å². The number of fused-ring (bicyclic) bond motifs is 1. The summed E-state index contributed by atoms with van der Waals surface area (Å²) in [5, 5.41) is 9.69. The molecule has 1 aromatic carbocycles. The molecular weight excluding hydrogens is 312 g/mol. The van der Waals surface area contributed by atoms with Crippen molar-refractivity contribution in [3.63, 3.8) is 0 Å². The van der Waals surface area contributed by atoms with Crippen LogP contribution in [0.25, 0.3) is 11.0 Å². The Balaban J connectivity index is 1.29. The molecule has 5 heteroatoms. The van der Waals surface area contributed by atoms with Gasteiger partial charge in [-0.25, -0.2) is 4.98 Å². The Bertz CT molecular complexity index is 651. The van der Waals surface area contributed by atoms with E-state index in [1.807, 2.05) is 6.07 Å². The van der Waals surface area contributed by atoms with Crippen molar-refractivity contribution >= 4 is 11.0 Å². The Morgan fingerprint density at radius 1 is 1.12 bits per heavy atom. The van der Waals surface area contributed by atoms with E-state index in [-0.39, 0.29) is 6.10 Å². The molecule has 2 aliphatic rings. The van der Waals surface area contributed by atoms with Gasteiger partial charge in [-0.05, 0) is 37.8 Å². The van der Waals surface area contributed by atoms with E-state index in [1.54, 1.807) is 0 Å². The Labute approximate surface area is 150 Å². The van der Waals surface area contributed by atoms with Gasteiger partial charge in [-0.1, -0.05) is 19.1 Å². The van der Waals surface area contributed by atoms with E-state index >= 15 is 0 Å². The normalized spacial score (nSPS) is 27.6. The zero-order valence-electron chi connectivity index (χ0n) is 15.2. The fraction of sp³-hybridized carbons (Fsp3) is 0.650. The van der Waals surface area contributed by atoms with Crippen LogP contribution in [0.5, 0.6) is 0 Å². The molecule has 0 amide bonds. The van der Waals surface area contributed by atoms with Gasteiger partial charge in [-0.3, -0.25) is 4.90 Å². The molecule has 1 saturated carbocycles. The van der Waals surface area contributed by atoms with Crippen LogP contribution in [0.4, 0.5) is 0 Å². The van der Waals surface area contributed by atoms with Gasteiger partial charge in [0.25, 0.3) is 0 Å². The number of hydrogen-bond acceptors (Lipinski definition) is 4. The fourth-order valence-corrected chi connectivity index (χ4v) is 4.41. The molecule has 1 unspecified atom stereocenters. The predicted octanol–water partition coefficient (Wildman–Crippen LogP) is 2.59. The number of benzene rings is 1. The van der Waals surface area contributed by atoms with Crippen LogP contribution < -0.4 is 0 Å². The number of nitrogens with one attached hydrogen (secondary N) is 1. The Morgan fingerprint density at radius 2 is 1.84 bits per heavy atom. The number of nitrogens with zero attached hydrogens (tertiary/aromatic N) is 3. The lowest BCUT2D eigenvalue weighted by atomic mass is 9.91. The molecule has 2 fully saturated rings. The summed E-state index contributed by atoms with van der Waals surface area (Å²) in [5.74, 6) is 1.52. The van der Waals surface area contributed by atoms with E-state index in [1.165, 1.54) is 0 Å². The number of imidazole rings is 1. The Kier molecular flexibility index (Phi) is 5.06. The highest BCUT2D eigenvalue weighted by molar-refractivity contribution is 5.74. The van der Waals surface area contributed by atoms with E-state index in [9.17, 15) is 5.11 Å². The highest BCUT2D eigenvalue weighted by atomic mass is 16.3. The molecule has 2 aromatic rings. The summed E-state index contributed by atoms with van der Waals surface area (Å²) in [4.78, 5) is 13.5. The van der Waals surface area contributed by atoms with Crippen molar-refractivity contribution in [2.45, 2.75) is 50.7 Å². The molecule has 136 valence electrons. The van der Waals surface area contributed by atoms with Crippen LogP contribution in [0.2, 0.25) is 0 Å². The largest absolute Gasteiger partial charge is 0.393 e. The van der Waals surface area contributed by atoms with E-state index in [4.69, 9.17) is 4.98 Å². The van der Waals surface area contributed by atoms with Crippen LogP contribution in [0, 0.1) is 0 Å². The fourth-order valence-electron chi connectivity index (χ4n) is 4.41. The van der Waals surface area contributed by atoms with Crippen molar-refractivity contribution in [1.82, 2.24) is 19.8 Å². The number of aliphatic hydroxyl groups excluding tert-OH is 1. The Morgan fingerprint density at radius 3 is 2.56 bits per heavy atom. The smallest absolute Gasteiger partial charge is 0.111 e. The van der Waals surface area contributed by atoms with Crippen LogP contribution in [0.3, 0.4) is 0 Å². The van der Waals surface area contributed by atoms with Gasteiger partial charge in [0.05, 0.1) is 17.1 Å². The average Bonchev–Trinajstić information content (AvgIpc) is 3.07. The second kappa shape index (κ2) is 7.44. The van der Waals surface area contributed by atoms with Gasteiger partial charge in [-0.15, -0.1) is 0 Å². The molecule has 2 N–H and O–H groups in total. The highest BCUT2D eigenvalue weighted by Crippen LogP contribution is 2.25. The summed E-state index contributed by atoms with van der Waals surface area (Å²) in [6, 6.07) is 8.96. The minimum Gasteiger partial charge on any atom is -0.393 e. The van der Waals surface area contributed by atoms with Crippen LogP contribution in [0.1, 0.15) is 44.3 Å². The number of para-hydroxylation sites is 2. The van der Waals surface area contributed by atoms with Crippen LogP contribution in [0.15, 0.2) is 24.3 Å². The maximum absolute atomic E-state index is 9.69. The zero-order valence-corrected chi connectivity index (χ0v) is 15.2. The summed E-state index contributed by atoms with van der Waals surface area (Å²) in [5.41, 5.74) is 2.20. The quantitative estimate of drug-likeness (QED) is 0.897. The third kappa shape index (κ3) is 3.89. The summed E-state index contributed by atoms with van der Waals surface area (Å²) in [6.07, 6.45) is 4.23. The number of aliphatic hydroxyl groups is 1. The van der Waals surface area contributed by atoms with Gasteiger partial charge in [0.2, 0.25) is 0 Å². The lowest BCUT2D eigenvalue weighted by Gasteiger charge is -2.41. The number of piperazine rings is 1. The number of hydrogen-bond donors (Lipinski definition) is 2. The van der Waals surface area contributed by atoms with Crippen molar-refractivity contribution in [2.75, 3.05) is 32.7 Å². The van der Waals surface area contributed by atoms with Crippen LogP contribution in [-0.4, -0.2) is 69.7 Å². The number of rotatable bonds is 4. The highest BCUT2D eigenvalue weighted by Gasteiger charge is 2.28. The molecule has 4 rings (SSSR count). The first-order valence-electron chi connectivity index (χ1n) is 9.78. The molecule has 5 nitrogen and oxygen atoms in total. The second-order valence-electron chi connectivity index (χ2n) is 7.84. The summed E-state index contributed by atoms with van der Waals surface area (Å²) in [6.45, 7) is 7.94. The van der Waals surface area contributed by atoms with Gasteiger partial charge < -0.3 is 15.0 Å². The topological polar surface area (TPSA) is 55.4 Å². The lowest BCUT2D eigenvalue weighted by molar-refractivity contribution is 0.0429. The maximum Gasteiger partial charge on any atom is 0.111 e. The first kappa shape index (κ1) is 17.0. The van der Waals surface area contributed by atoms with Crippen molar-refractivity contribution in [1.29, 1.82) is 0 Å². The van der Waals surface area contributed by atoms with Crippen LogP contribution in [-0.2, 0) is 0 Å². The molecule has 1 saturated heterocycles. The van der Waals surface area contributed by atoms with E-state index < -0.39 is 0 Å². The lowest BCUT2D eigenvalue weighted by Crippen LogP contribution is -2.51. The monoisotopic (exact) mass is 342 g/mol. The Hall–Kier alpha value is -1.43. The van der Waals surface area contributed by atoms with Gasteiger partial charge in [-0.2, -0.15) is 0 Å². The number of H-pyrrole nitrogens is 1. The summed E-state index contributed by atoms with van der Waals surface area (Å²) in [7, 11) is 0. The minimum absolute atomic E-state index is 0.0535. The van der Waals surface area contributed by atoms with Crippen LogP contribution >= 0.6 is 0 Å². The third-order valence-electron chi connectivity index (χ3n) is 6.00.